The van der Waals surface area contributed by atoms with Gasteiger partial charge in [-0.2, -0.15) is 5.26 Å². The van der Waals surface area contributed by atoms with E-state index in [-0.39, 0.29) is 5.56 Å². The Hall–Kier alpha value is -2.92. The smallest absolute Gasteiger partial charge is 0.335 e. The second-order valence-electron chi connectivity index (χ2n) is 6.09. The molecule has 0 aliphatic rings. The zero-order chi connectivity index (χ0) is 20.2. The van der Waals surface area contributed by atoms with Crippen LogP contribution in [0.15, 0.2) is 70.4 Å². The van der Waals surface area contributed by atoms with Crippen LogP contribution in [0, 0.1) is 11.3 Å². The lowest BCUT2D eigenvalue weighted by molar-refractivity contribution is 0.0697. The molecule has 4 nitrogen and oxygen atoms in total. The van der Waals surface area contributed by atoms with Crippen molar-refractivity contribution in [2.75, 3.05) is 0 Å². The van der Waals surface area contributed by atoms with Crippen LogP contribution >= 0.6 is 34.4 Å². The van der Waals surface area contributed by atoms with Gasteiger partial charge in [0, 0.05) is 16.2 Å². The minimum absolute atomic E-state index is 0.259. The predicted molar refractivity (Wildman–Crippen MR) is 119 cm³/mol. The molecule has 1 N–H and O–H groups in total. The van der Waals surface area contributed by atoms with E-state index in [9.17, 15) is 10.1 Å². The molecule has 4 aromatic rings. The Balaban J connectivity index is 1.71. The summed E-state index contributed by atoms with van der Waals surface area (Å²) < 4.78 is 0. The Morgan fingerprint density at radius 3 is 2.34 bits per heavy atom. The van der Waals surface area contributed by atoms with Crippen LogP contribution < -0.4 is 0 Å². The van der Waals surface area contributed by atoms with Gasteiger partial charge in [0.25, 0.3) is 0 Å². The van der Waals surface area contributed by atoms with Gasteiger partial charge in [0.1, 0.15) is 11.1 Å². The van der Waals surface area contributed by atoms with Gasteiger partial charge >= 0.3 is 5.97 Å². The molecule has 142 valence electrons. The number of hydrogen-bond acceptors (Lipinski definition) is 6. The number of carboxylic acid groups (broad SMARTS) is 1. The van der Waals surface area contributed by atoms with Gasteiger partial charge < -0.3 is 5.11 Å². The SMILES string of the molecule is N#Cc1c(-c2cccs2)cc(-c2cccs2)nc1SCc1ccc(C(=O)O)cc1. The Morgan fingerprint density at radius 1 is 1.07 bits per heavy atom. The summed E-state index contributed by atoms with van der Waals surface area (Å²) in [5, 5.41) is 23.6. The van der Waals surface area contributed by atoms with E-state index in [2.05, 4.69) is 6.07 Å². The topological polar surface area (TPSA) is 74.0 Å². The van der Waals surface area contributed by atoms with Crippen molar-refractivity contribution >= 4 is 40.4 Å². The van der Waals surface area contributed by atoms with Gasteiger partial charge in [-0.1, -0.05) is 24.3 Å². The predicted octanol–water partition coefficient (Wildman–Crippen LogP) is 6.40. The van der Waals surface area contributed by atoms with Gasteiger partial charge in [0.15, 0.2) is 0 Å². The number of carboxylic acids is 1. The highest BCUT2D eigenvalue weighted by Crippen LogP contribution is 2.37. The van der Waals surface area contributed by atoms with Crippen LogP contribution in [0.1, 0.15) is 21.5 Å². The Kier molecular flexibility index (Phi) is 5.76. The monoisotopic (exact) mass is 434 g/mol. The Labute approximate surface area is 180 Å². The van der Waals surface area contributed by atoms with Crippen molar-refractivity contribution in [2.24, 2.45) is 0 Å². The number of nitrogens with zero attached hydrogens (tertiary/aromatic N) is 2. The summed E-state index contributed by atoms with van der Waals surface area (Å²) in [4.78, 5) is 17.9. The average Bonchev–Trinajstić information content (AvgIpc) is 3.46. The van der Waals surface area contributed by atoms with Gasteiger partial charge in [-0.3, -0.25) is 0 Å². The minimum atomic E-state index is -0.943. The molecule has 1 aromatic carbocycles. The quantitative estimate of drug-likeness (QED) is 0.355. The Bertz CT molecular complexity index is 1180. The number of pyridine rings is 1. The molecule has 29 heavy (non-hydrogen) atoms. The van der Waals surface area contributed by atoms with Gasteiger partial charge in [0.2, 0.25) is 0 Å². The van der Waals surface area contributed by atoms with Crippen LogP contribution in [0.4, 0.5) is 0 Å². The van der Waals surface area contributed by atoms with E-state index in [1.165, 1.54) is 11.8 Å². The van der Waals surface area contributed by atoms with Crippen molar-refractivity contribution in [2.45, 2.75) is 10.8 Å². The van der Waals surface area contributed by atoms with E-state index in [4.69, 9.17) is 10.1 Å². The first-order chi connectivity index (χ1) is 14.2. The molecule has 3 heterocycles. The number of aromatic carboxylic acids is 1. The third-order valence-corrected chi connectivity index (χ3v) is 7.08. The van der Waals surface area contributed by atoms with E-state index in [1.54, 1.807) is 46.9 Å². The fourth-order valence-electron chi connectivity index (χ4n) is 2.81. The third-order valence-electron chi connectivity index (χ3n) is 4.23. The van der Waals surface area contributed by atoms with Gasteiger partial charge in [-0.05, 0) is 46.7 Å². The normalized spacial score (nSPS) is 10.6. The van der Waals surface area contributed by atoms with Crippen LogP contribution in [0.2, 0.25) is 0 Å². The largest absolute Gasteiger partial charge is 0.478 e. The van der Waals surface area contributed by atoms with E-state index in [0.29, 0.717) is 16.3 Å². The lowest BCUT2D eigenvalue weighted by Gasteiger charge is -2.11. The molecule has 7 heteroatoms. The van der Waals surface area contributed by atoms with Crippen molar-refractivity contribution in [1.82, 2.24) is 4.98 Å². The number of rotatable bonds is 6. The number of hydrogen-bond donors (Lipinski definition) is 1. The fraction of sp³-hybridized carbons (Fsp3) is 0.0455. The molecule has 0 fully saturated rings. The maximum atomic E-state index is 11.0. The molecule has 0 aliphatic heterocycles. The lowest BCUT2D eigenvalue weighted by Crippen LogP contribution is -1.96. The highest BCUT2D eigenvalue weighted by Gasteiger charge is 2.17. The van der Waals surface area contributed by atoms with Crippen molar-refractivity contribution < 1.29 is 9.90 Å². The third kappa shape index (κ3) is 4.25. The summed E-state index contributed by atoms with van der Waals surface area (Å²) in [6.45, 7) is 0. The van der Waals surface area contributed by atoms with E-state index in [1.807, 2.05) is 41.1 Å². The molecular formula is C22H14N2O2S3. The molecule has 0 unspecified atom stereocenters. The highest BCUT2D eigenvalue weighted by atomic mass is 32.2. The van der Waals surface area contributed by atoms with Crippen LogP contribution in [0.25, 0.3) is 21.0 Å². The molecule has 0 amide bonds. The van der Waals surface area contributed by atoms with Gasteiger partial charge in [0.05, 0.1) is 21.7 Å². The average molecular weight is 435 g/mol. The molecule has 4 rings (SSSR count). The number of carbonyl (C=O) groups is 1. The number of thiophene rings is 2. The van der Waals surface area contributed by atoms with Crippen LogP contribution in [0.3, 0.4) is 0 Å². The number of benzene rings is 1. The van der Waals surface area contributed by atoms with Gasteiger partial charge in [-0.25, -0.2) is 9.78 Å². The molecule has 0 saturated carbocycles. The Morgan fingerprint density at radius 2 is 1.76 bits per heavy atom. The van der Waals surface area contributed by atoms with Crippen molar-refractivity contribution in [3.8, 4) is 27.1 Å². The first kappa shape index (κ1) is 19.4. The van der Waals surface area contributed by atoms with E-state index in [0.717, 1.165) is 26.6 Å². The van der Waals surface area contributed by atoms with Crippen LogP contribution in [-0.2, 0) is 5.75 Å². The molecule has 3 aromatic heterocycles. The maximum Gasteiger partial charge on any atom is 0.335 e. The zero-order valence-corrected chi connectivity index (χ0v) is 17.5. The molecule has 0 radical (unpaired) electrons. The first-order valence-electron chi connectivity index (χ1n) is 8.63. The molecule has 0 saturated heterocycles. The van der Waals surface area contributed by atoms with Crippen molar-refractivity contribution in [3.05, 3.63) is 82.0 Å². The summed E-state index contributed by atoms with van der Waals surface area (Å²) in [6, 6.07) is 19.1. The second kappa shape index (κ2) is 8.62. The summed E-state index contributed by atoms with van der Waals surface area (Å²) in [6.07, 6.45) is 0. The second-order valence-corrected chi connectivity index (χ2v) is 8.95. The molecule has 0 spiro atoms. The molecule has 0 atom stereocenters. The summed E-state index contributed by atoms with van der Waals surface area (Å²) in [5.74, 6) is -0.346. The summed E-state index contributed by atoms with van der Waals surface area (Å²) in [5.41, 5.74) is 3.55. The number of aromatic nitrogens is 1. The zero-order valence-electron chi connectivity index (χ0n) is 15.0. The minimum Gasteiger partial charge on any atom is -0.478 e. The van der Waals surface area contributed by atoms with E-state index >= 15 is 0 Å². The molecule has 0 aliphatic carbocycles. The number of thioether (sulfide) groups is 1. The molecular weight excluding hydrogens is 420 g/mol. The first-order valence-corrected chi connectivity index (χ1v) is 11.4. The standard InChI is InChI=1S/C22H14N2O2S3/c23-12-17-16(19-3-1-9-27-19)11-18(20-4-2-10-28-20)24-21(17)29-13-14-5-7-15(8-6-14)22(25)26/h1-11H,13H2,(H,25,26). The van der Waals surface area contributed by atoms with Crippen molar-refractivity contribution in [3.63, 3.8) is 0 Å². The van der Waals surface area contributed by atoms with Gasteiger partial charge in [-0.15, -0.1) is 34.4 Å². The summed E-state index contributed by atoms with van der Waals surface area (Å²) >= 11 is 4.70. The lowest BCUT2D eigenvalue weighted by atomic mass is 10.1. The van der Waals surface area contributed by atoms with E-state index < -0.39 is 5.97 Å². The highest BCUT2D eigenvalue weighted by molar-refractivity contribution is 7.98. The van der Waals surface area contributed by atoms with Crippen molar-refractivity contribution in [1.29, 1.82) is 5.26 Å². The van der Waals surface area contributed by atoms with Crippen LogP contribution in [0.5, 0.6) is 0 Å². The maximum absolute atomic E-state index is 11.0. The fourth-order valence-corrected chi connectivity index (χ4v) is 5.20. The summed E-state index contributed by atoms with van der Waals surface area (Å²) in [7, 11) is 0. The molecule has 0 bridgehead atoms. The van der Waals surface area contributed by atoms with Crippen LogP contribution in [-0.4, -0.2) is 16.1 Å². The number of nitriles is 1.